The van der Waals surface area contributed by atoms with Crippen LogP contribution in [0.1, 0.15) is 25.3 Å². The zero-order valence-corrected chi connectivity index (χ0v) is 24.2. The van der Waals surface area contributed by atoms with E-state index < -0.39 is 11.5 Å². The minimum atomic E-state index is -0.589. The third-order valence-electron chi connectivity index (χ3n) is 7.79. The molecule has 0 spiro atoms. The number of carbonyl (C=O) groups excluding carboxylic acids is 1. The van der Waals surface area contributed by atoms with Gasteiger partial charge in [-0.25, -0.2) is 18.7 Å². The smallest absolute Gasteiger partial charge is 0.355 e. The average Bonchev–Trinajstić information content (AvgIpc) is 3.15. The van der Waals surface area contributed by atoms with Gasteiger partial charge in [-0.15, -0.1) is 0 Å². The molecule has 216 valence electrons. The van der Waals surface area contributed by atoms with Gasteiger partial charge in [0.15, 0.2) is 11.4 Å². The highest BCUT2D eigenvalue weighted by molar-refractivity contribution is 6.36. The number of fused-ring (bicyclic) bond motifs is 2. The predicted octanol–water partition coefficient (Wildman–Crippen LogP) is 4.97. The highest BCUT2D eigenvalue weighted by atomic mass is 35.5. The molecule has 1 amide bonds. The van der Waals surface area contributed by atoms with Gasteiger partial charge in [0.2, 0.25) is 5.91 Å². The Bertz CT molecular complexity index is 1810. The predicted molar refractivity (Wildman–Crippen MR) is 160 cm³/mol. The fraction of sp³-hybridized carbons (Fsp3) is 0.290. The third kappa shape index (κ3) is 4.37. The molecule has 2 aromatic carbocycles. The van der Waals surface area contributed by atoms with E-state index >= 15 is 4.39 Å². The number of carbonyl (C=O) groups is 1. The fourth-order valence-electron chi connectivity index (χ4n) is 5.75. The van der Waals surface area contributed by atoms with E-state index in [9.17, 15) is 9.59 Å². The Kier molecular flexibility index (Phi) is 7.10. The zero-order valence-electron chi connectivity index (χ0n) is 23.4. The van der Waals surface area contributed by atoms with E-state index in [4.69, 9.17) is 26.1 Å². The molecule has 1 fully saturated rings. The number of hydrogen-bond acceptors (Lipinski definition) is 7. The molecule has 0 aliphatic carbocycles. The van der Waals surface area contributed by atoms with Crippen LogP contribution >= 0.6 is 11.6 Å². The molecule has 42 heavy (non-hydrogen) atoms. The maximum absolute atomic E-state index is 15.2. The lowest BCUT2D eigenvalue weighted by Crippen LogP contribution is -2.56. The van der Waals surface area contributed by atoms with Gasteiger partial charge < -0.3 is 19.3 Å². The molecular weight excluding hydrogens is 561 g/mol. The molecule has 9 nitrogen and oxygen atoms in total. The van der Waals surface area contributed by atoms with E-state index in [1.807, 2.05) is 30.9 Å². The van der Waals surface area contributed by atoms with Crippen molar-refractivity contribution in [1.82, 2.24) is 19.4 Å². The summed E-state index contributed by atoms with van der Waals surface area (Å²) in [5, 5.41) is 0.523. The summed E-state index contributed by atoms with van der Waals surface area (Å²) in [7, 11) is 1.53. The van der Waals surface area contributed by atoms with Crippen LogP contribution in [-0.2, 0) is 4.79 Å². The lowest BCUT2D eigenvalue weighted by Gasteiger charge is -2.40. The van der Waals surface area contributed by atoms with Crippen molar-refractivity contribution in [3.05, 3.63) is 82.0 Å². The Morgan fingerprint density at radius 3 is 2.69 bits per heavy atom. The Balaban J connectivity index is 1.71. The molecule has 1 saturated heterocycles. The number of hydrogen-bond donors (Lipinski definition) is 0. The molecule has 0 bridgehead atoms. The molecule has 1 atom stereocenters. The maximum Gasteiger partial charge on any atom is 0.355 e. The van der Waals surface area contributed by atoms with Crippen LogP contribution in [-0.4, -0.2) is 64.7 Å². The van der Waals surface area contributed by atoms with E-state index in [-0.39, 0.29) is 52.2 Å². The van der Waals surface area contributed by atoms with Crippen molar-refractivity contribution < 1.29 is 18.7 Å². The second-order valence-corrected chi connectivity index (χ2v) is 10.9. The van der Waals surface area contributed by atoms with Crippen LogP contribution in [0.5, 0.6) is 11.5 Å². The summed E-state index contributed by atoms with van der Waals surface area (Å²) in [6.45, 7) is 8.91. The first kappa shape index (κ1) is 27.7. The van der Waals surface area contributed by atoms with Gasteiger partial charge in [0.05, 0.1) is 24.5 Å². The Labute approximate surface area is 246 Å². The second-order valence-electron chi connectivity index (χ2n) is 10.5. The molecule has 0 radical (unpaired) electrons. The minimum absolute atomic E-state index is 0.0151. The van der Waals surface area contributed by atoms with Crippen molar-refractivity contribution in [3.63, 3.8) is 0 Å². The second kappa shape index (κ2) is 10.8. The normalized spacial score (nSPS) is 16.2. The largest absolute Gasteiger partial charge is 0.495 e. The summed E-state index contributed by atoms with van der Waals surface area (Å²) in [6.07, 6.45) is 1.28. The van der Waals surface area contributed by atoms with Gasteiger partial charge in [0.1, 0.15) is 34.4 Å². The zero-order chi connectivity index (χ0) is 29.7. The molecule has 2 aliphatic rings. The van der Waals surface area contributed by atoms with Crippen molar-refractivity contribution in [2.45, 2.75) is 25.8 Å². The molecule has 0 N–H and O–H groups in total. The van der Waals surface area contributed by atoms with Crippen LogP contribution in [0.25, 0.3) is 28.0 Å². The number of pyridine rings is 1. The van der Waals surface area contributed by atoms with Gasteiger partial charge in [-0.05, 0) is 35.8 Å². The number of benzene rings is 2. The van der Waals surface area contributed by atoms with Gasteiger partial charge in [0.25, 0.3) is 0 Å². The summed E-state index contributed by atoms with van der Waals surface area (Å²) in [5.74, 6) is 0.352. The Hall–Kier alpha value is -4.44. The van der Waals surface area contributed by atoms with Gasteiger partial charge in [-0.3, -0.25) is 4.79 Å². The molecule has 6 rings (SSSR count). The fourth-order valence-corrected chi connectivity index (χ4v) is 6.04. The number of anilines is 1. The summed E-state index contributed by atoms with van der Waals surface area (Å²) in [5.41, 5.74) is 1.24. The van der Waals surface area contributed by atoms with Crippen molar-refractivity contribution >= 4 is 34.4 Å². The first-order valence-corrected chi connectivity index (χ1v) is 14.0. The average molecular weight is 590 g/mol. The third-order valence-corrected chi connectivity index (χ3v) is 8.14. The van der Waals surface area contributed by atoms with Crippen molar-refractivity contribution in [1.29, 1.82) is 0 Å². The number of nitrogens with zero attached hydrogens (tertiary/aromatic N) is 5. The molecule has 2 aromatic heterocycles. The number of halogens is 2. The summed E-state index contributed by atoms with van der Waals surface area (Å²) in [6, 6.07) is 11.4. The standard InChI is InChI=1S/C31H29ClFN5O4/c1-5-23(39)36-13-14-37-18(15-36)16-42-28-24-29(37)35-31(40)38(27-19(17(2)3)10-8-12-22(27)41-4)30(24)34-26(25(28)32)20-9-6-7-11-21(20)33/h5-12,17-18H,1,13-16H2,2-4H3/t18-/m1/s1. The number of piperazine rings is 1. The molecule has 4 aromatic rings. The Morgan fingerprint density at radius 2 is 1.98 bits per heavy atom. The number of amides is 1. The number of rotatable bonds is 5. The lowest BCUT2D eigenvalue weighted by molar-refractivity contribution is -0.126. The SMILES string of the molecule is C=CC(=O)N1CCN2c3nc(=O)n(-c4c(OC)cccc4C(C)C)c4nc(-c5ccccc5F)c(Cl)c(c34)OC[C@H]2C1. The molecule has 2 aliphatic heterocycles. The lowest BCUT2D eigenvalue weighted by atomic mass is 10.00. The van der Waals surface area contributed by atoms with Crippen LogP contribution in [0.15, 0.2) is 59.9 Å². The van der Waals surface area contributed by atoms with Crippen LogP contribution < -0.4 is 20.1 Å². The van der Waals surface area contributed by atoms with E-state index in [1.54, 1.807) is 29.2 Å². The number of para-hydroxylation sites is 1. The van der Waals surface area contributed by atoms with Crippen molar-refractivity contribution in [3.8, 4) is 28.4 Å². The minimum Gasteiger partial charge on any atom is -0.495 e. The first-order chi connectivity index (χ1) is 20.2. The molecular formula is C31H29ClFN5O4. The van der Waals surface area contributed by atoms with E-state index in [1.165, 1.54) is 23.8 Å². The Morgan fingerprint density at radius 1 is 1.19 bits per heavy atom. The van der Waals surface area contributed by atoms with Gasteiger partial charge >= 0.3 is 5.69 Å². The van der Waals surface area contributed by atoms with Crippen LogP contribution in [0.3, 0.4) is 0 Å². The van der Waals surface area contributed by atoms with Crippen LogP contribution in [0, 0.1) is 5.82 Å². The number of aromatic nitrogens is 3. The quantitative estimate of drug-likeness (QED) is 0.304. The molecule has 11 heteroatoms. The van der Waals surface area contributed by atoms with Gasteiger partial charge in [0, 0.05) is 25.2 Å². The van der Waals surface area contributed by atoms with Crippen molar-refractivity contribution in [2.24, 2.45) is 0 Å². The van der Waals surface area contributed by atoms with E-state index in [0.717, 1.165) is 5.56 Å². The molecule has 0 unspecified atom stereocenters. The highest BCUT2D eigenvalue weighted by Gasteiger charge is 2.37. The maximum atomic E-state index is 15.2. The topological polar surface area (TPSA) is 89.8 Å². The first-order valence-electron chi connectivity index (χ1n) is 13.6. The molecule has 0 saturated carbocycles. The monoisotopic (exact) mass is 589 g/mol. The van der Waals surface area contributed by atoms with Crippen LogP contribution in [0.2, 0.25) is 5.02 Å². The highest BCUT2D eigenvalue weighted by Crippen LogP contribution is 2.46. The summed E-state index contributed by atoms with van der Waals surface area (Å²) >= 11 is 6.96. The summed E-state index contributed by atoms with van der Waals surface area (Å²) in [4.78, 5) is 39.6. The van der Waals surface area contributed by atoms with Gasteiger partial charge in [-0.2, -0.15) is 4.98 Å². The molecule has 4 heterocycles. The number of methoxy groups -OCH3 is 1. The van der Waals surface area contributed by atoms with Crippen molar-refractivity contribution in [2.75, 3.05) is 38.3 Å². The van der Waals surface area contributed by atoms with E-state index in [2.05, 4.69) is 11.6 Å². The summed E-state index contributed by atoms with van der Waals surface area (Å²) < 4.78 is 28.6. The van der Waals surface area contributed by atoms with E-state index in [0.29, 0.717) is 42.3 Å². The number of ether oxygens (including phenoxy) is 2. The van der Waals surface area contributed by atoms with Crippen LogP contribution in [0.4, 0.5) is 10.2 Å². The van der Waals surface area contributed by atoms with Gasteiger partial charge in [-0.1, -0.05) is 56.3 Å².